The summed E-state index contributed by atoms with van der Waals surface area (Å²) in [6.45, 7) is 0. The minimum absolute atomic E-state index is 0.0872. The third kappa shape index (κ3) is 3.26. The maximum Gasteiger partial charge on any atom is 0.309 e. The molecule has 2 aromatic rings. The van der Waals surface area contributed by atoms with Crippen molar-refractivity contribution in [3.8, 4) is 6.07 Å². The van der Waals surface area contributed by atoms with Crippen molar-refractivity contribution in [2.24, 2.45) is 0 Å². The molecule has 0 aromatic carbocycles. The van der Waals surface area contributed by atoms with Gasteiger partial charge >= 0.3 is 5.97 Å². The first-order valence-corrected chi connectivity index (χ1v) is 6.43. The summed E-state index contributed by atoms with van der Waals surface area (Å²) in [5, 5.41) is 19.5. The molecule has 90 valence electrons. The lowest BCUT2D eigenvalue weighted by Gasteiger charge is -1.95. The van der Waals surface area contributed by atoms with Crippen LogP contribution in [-0.2, 0) is 11.2 Å². The van der Waals surface area contributed by atoms with E-state index in [0.29, 0.717) is 15.1 Å². The number of carboxylic acid groups (broad SMARTS) is 1. The number of nitriles is 1. The van der Waals surface area contributed by atoms with Crippen LogP contribution in [0.15, 0.2) is 27.1 Å². The number of nitrogens with zero attached hydrogens (tertiary/aromatic N) is 4. The van der Waals surface area contributed by atoms with Crippen LogP contribution in [0.4, 0.5) is 0 Å². The van der Waals surface area contributed by atoms with E-state index in [-0.39, 0.29) is 12.1 Å². The minimum Gasteiger partial charge on any atom is -0.481 e. The van der Waals surface area contributed by atoms with Gasteiger partial charge in [0.1, 0.15) is 11.1 Å². The van der Waals surface area contributed by atoms with E-state index in [9.17, 15) is 4.79 Å². The second-order valence-electron chi connectivity index (χ2n) is 3.13. The lowest BCUT2D eigenvalue weighted by molar-refractivity contribution is -0.136. The molecule has 2 aromatic heterocycles. The molecule has 0 radical (unpaired) electrons. The normalized spacial score (nSPS) is 9.94. The fourth-order valence-electron chi connectivity index (χ4n) is 1.09. The van der Waals surface area contributed by atoms with Gasteiger partial charge in [0.15, 0.2) is 10.0 Å². The Morgan fingerprint density at radius 2 is 2.33 bits per heavy atom. The van der Waals surface area contributed by atoms with E-state index in [0.717, 1.165) is 0 Å². The van der Waals surface area contributed by atoms with E-state index in [2.05, 4.69) is 15.0 Å². The van der Waals surface area contributed by atoms with Gasteiger partial charge in [-0.1, -0.05) is 0 Å². The zero-order valence-electron chi connectivity index (χ0n) is 8.90. The van der Waals surface area contributed by atoms with E-state index < -0.39 is 5.97 Å². The molecule has 2 heterocycles. The van der Waals surface area contributed by atoms with Gasteiger partial charge in [-0.05, 0) is 11.8 Å². The summed E-state index contributed by atoms with van der Waals surface area (Å²) in [6, 6.07) is 1.88. The number of thiazole rings is 1. The van der Waals surface area contributed by atoms with Gasteiger partial charge in [-0.2, -0.15) is 5.26 Å². The zero-order chi connectivity index (χ0) is 13.0. The van der Waals surface area contributed by atoms with E-state index in [4.69, 9.17) is 10.4 Å². The molecule has 18 heavy (non-hydrogen) atoms. The third-order valence-corrected chi connectivity index (χ3v) is 3.70. The van der Waals surface area contributed by atoms with Crippen LogP contribution in [-0.4, -0.2) is 26.0 Å². The highest BCUT2D eigenvalue weighted by atomic mass is 32.2. The van der Waals surface area contributed by atoms with Crippen molar-refractivity contribution >= 4 is 29.1 Å². The van der Waals surface area contributed by atoms with E-state index in [1.165, 1.54) is 35.5 Å². The number of aromatic nitrogens is 3. The quantitative estimate of drug-likeness (QED) is 0.906. The van der Waals surface area contributed by atoms with Crippen molar-refractivity contribution in [1.29, 1.82) is 5.26 Å². The molecule has 0 saturated carbocycles. The van der Waals surface area contributed by atoms with Gasteiger partial charge in [-0.15, -0.1) is 11.3 Å². The highest BCUT2D eigenvalue weighted by molar-refractivity contribution is 8.00. The molecule has 0 aliphatic carbocycles. The average Bonchev–Trinajstić information content (AvgIpc) is 2.76. The van der Waals surface area contributed by atoms with Crippen LogP contribution in [0.25, 0.3) is 0 Å². The third-order valence-electron chi connectivity index (χ3n) is 1.80. The lowest BCUT2D eigenvalue weighted by atomic mass is 10.3. The number of rotatable bonds is 4. The summed E-state index contributed by atoms with van der Waals surface area (Å²) in [5.74, 6) is -0.907. The summed E-state index contributed by atoms with van der Waals surface area (Å²) < 4.78 is 0.699. The second kappa shape index (κ2) is 5.57. The Hall–Kier alpha value is -1.98. The molecule has 1 N–H and O–H groups in total. The average molecular weight is 278 g/mol. The van der Waals surface area contributed by atoms with Crippen LogP contribution in [0.5, 0.6) is 0 Å². The van der Waals surface area contributed by atoms with Crippen LogP contribution in [0, 0.1) is 11.3 Å². The molecule has 8 heteroatoms. The first kappa shape index (κ1) is 12.5. The Morgan fingerprint density at radius 3 is 2.94 bits per heavy atom. The van der Waals surface area contributed by atoms with E-state index in [1.807, 2.05) is 6.07 Å². The van der Waals surface area contributed by atoms with Crippen molar-refractivity contribution < 1.29 is 9.90 Å². The number of hydrogen-bond donors (Lipinski definition) is 1. The van der Waals surface area contributed by atoms with Crippen molar-refractivity contribution in [2.45, 2.75) is 15.8 Å². The molecule has 0 amide bonds. The second-order valence-corrected chi connectivity index (χ2v) is 5.25. The predicted octanol–water partition coefficient (Wildman–Crippen LogP) is 1.58. The van der Waals surface area contributed by atoms with E-state index >= 15 is 0 Å². The predicted molar refractivity (Wildman–Crippen MR) is 64.3 cm³/mol. The summed E-state index contributed by atoms with van der Waals surface area (Å²) in [7, 11) is 0. The smallest absolute Gasteiger partial charge is 0.309 e. The van der Waals surface area contributed by atoms with Gasteiger partial charge in [0.2, 0.25) is 0 Å². The first-order chi connectivity index (χ1) is 8.67. The number of carboxylic acids is 1. The van der Waals surface area contributed by atoms with E-state index in [1.54, 1.807) is 5.38 Å². The standard InChI is InChI=1S/C10H6N4O2S2/c11-2-7-3-13-8(4-12-7)18-10-14-6(5-17-10)1-9(15)16/h3-5H,1H2,(H,15,16). The van der Waals surface area contributed by atoms with Crippen LogP contribution in [0.2, 0.25) is 0 Å². The molecule has 0 bridgehead atoms. The van der Waals surface area contributed by atoms with Gasteiger partial charge in [-0.3, -0.25) is 4.79 Å². The lowest BCUT2D eigenvalue weighted by Crippen LogP contribution is -1.99. The molecule has 6 nitrogen and oxygen atoms in total. The SMILES string of the molecule is N#Cc1cnc(Sc2nc(CC(=O)O)cs2)cn1. The number of aliphatic carboxylic acids is 1. The maximum absolute atomic E-state index is 10.5. The Morgan fingerprint density at radius 1 is 1.50 bits per heavy atom. The fourth-order valence-corrected chi connectivity index (χ4v) is 2.78. The van der Waals surface area contributed by atoms with Crippen molar-refractivity contribution in [2.75, 3.05) is 0 Å². The Balaban J connectivity index is 2.06. The largest absolute Gasteiger partial charge is 0.481 e. The molecular weight excluding hydrogens is 272 g/mol. The molecule has 0 unspecified atom stereocenters. The highest BCUT2D eigenvalue weighted by Crippen LogP contribution is 2.28. The number of hydrogen-bond acceptors (Lipinski definition) is 7. The van der Waals surface area contributed by atoms with Gasteiger partial charge in [0.25, 0.3) is 0 Å². The zero-order valence-corrected chi connectivity index (χ0v) is 10.5. The fraction of sp³-hybridized carbons (Fsp3) is 0.100. The highest BCUT2D eigenvalue weighted by Gasteiger charge is 2.08. The minimum atomic E-state index is -0.907. The molecule has 0 aliphatic heterocycles. The van der Waals surface area contributed by atoms with Gasteiger partial charge in [0, 0.05) is 5.38 Å². The van der Waals surface area contributed by atoms with Crippen molar-refractivity contribution in [3.63, 3.8) is 0 Å². The maximum atomic E-state index is 10.5. The van der Waals surface area contributed by atoms with Gasteiger partial charge < -0.3 is 5.11 Å². The van der Waals surface area contributed by atoms with Crippen molar-refractivity contribution in [1.82, 2.24) is 15.0 Å². The summed E-state index contributed by atoms with van der Waals surface area (Å²) in [5.41, 5.74) is 0.779. The van der Waals surface area contributed by atoms with Crippen molar-refractivity contribution in [3.05, 3.63) is 29.2 Å². The van der Waals surface area contributed by atoms with Crippen LogP contribution >= 0.6 is 23.1 Å². The van der Waals surface area contributed by atoms with Gasteiger partial charge in [0.05, 0.1) is 24.5 Å². The van der Waals surface area contributed by atoms with Crippen LogP contribution in [0.1, 0.15) is 11.4 Å². The molecular formula is C10H6N4O2S2. The summed E-state index contributed by atoms with van der Waals surface area (Å²) in [6.07, 6.45) is 2.78. The molecule has 0 aliphatic rings. The van der Waals surface area contributed by atoms with Crippen LogP contribution < -0.4 is 0 Å². The van der Waals surface area contributed by atoms with Crippen LogP contribution in [0.3, 0.4) is 0 Å². The van der Waals surface area contributed by atoms with Gasteiger partial charge in [-0.25, -0.2) is 15.0 Å². The summed E-state index contributed by atoms with van der Waals surface area (Å²) >= 11 is 2.64. The summed E-state index contributed by atoms with van der Waals surface area (Å²) in [4.78, 5) is 22.6. The number of carbonyl (C=O) groups is 1. The monoisotopic (exact) mass is 278 g/mol. The Kier molecular flexibility index (Phi) is 3.86. The Bertz CT molecular complexity index is 603. The first-order valence-electron chi connectivity index (χ1n) is 4.73. The molecule has 0 atom stereocenters. The topological polar surface area (TPSA) is 99.8 Å². The Labute approximate surface area is 110 Å². The molecule has 0 saturated heterocycles. The molecule has 0 spiro atoms. The molecule has 2 rings (SSSR count). The molecule has 0 fully saturated rings.